The van der Waals surface area contributed by atoms with Gasteiger partial charge in [-0.05, 0) is 25.7 Å². The van der Waals surface area contributed by atoms with Gasteiger partial charge in [0, 0.05) is 21.9 Å². The van der Waals surface area contributed by atoms with Crippen molar-refractivity contribution < 1.29 is 28.5 Å². The summed E-state index contributed by atoms with van der Waals surface area (Å²) in [6.45, 7) is 8.81. The summed E-state index contributed by atoms with van der Waals surface area (Å²) in [5.74, 6) is 0.924. The summed E-state index contributed by atoms with van der Waals surface area (Å²) in [7, 11) is 0. The molecule has 0 spiro atoms. The second-order valence-electron chi connectivity index (χ2n) is 7.68. The zero-order valence-corrected chi connectivity index (χ0v) is 19.8. The molecule has 2 rings (SSSR count). The van der Waals surface area contributed by atoms with Crippen LogP contribution in [0.4, 0.5) is 9.59 Å². The van der Waals surface area contributed by atoms with Crippen LogP contribution in [0.15, 0.2) is 24.3 Å². The summed E-state index contributed by atoms with van der Waals surface area (Å²) in [5.41, 5.74) is 1.65. The number of hydrogen-bond donors (Lipinski definition) is 0. The van der Waals surface area contributed by atoms with Gasteiger partial charge in [0.15, 0.2) is 0 Å². The number of ether oxygens (including phenoxy) is 4. The highest BCUT2D eigenvalue weighted by atomic mass is 16.7. The molecule has 0 aliphatic carbocycles. The normalized spacial score (nSPS) is 10.8. The van der Waals surface area contributed by atoms with Crippen LogP contribution in [0.25, 0.3) is 10.8 Å². The van der Waals surface area contributed by atoms with Crippen molar-refractivity contribution in [1.82, 2.24) is 0 Å². The van der Waals surface area contributed by atoms with Crippen LogP contribution in [0.5, 0.6) is 11.5 Å². The highest BCUT2D eigenvalue weighted by Gasteiger charge is 2.23. The lowest BCUT2D eigenvalue weighted by atomic mass is 9.94. The minimum absolute atomic E-state index is 0.331. The third kappa shape index (κ3) is 6.87. The summed E-state index contributed by atoms with van der Waals surface area (Å²) < 4.78 is 21.9. The van der Waals surface area contributed by atoms with E-state index in [4.69, 9.17) is 18.9 Å². The predicted molar refractivity (Wildman–Crippen MR) is 126 cm³/mol. The Balaban J connectivity index is 2.36. The Morgan fingerprint density at radius 2 is 1.06 bits per heavy atom. The van der Waals surface area contributed by atoms with Crippen LogP contribution < -0.4 is 9.47 Å². The zero-order chi connectivity index (χ0) is 23.3. The Kier molecular flexibility index (Phi) is 10.8. The van der Waals surface area contributed by atoms with E-state index >= 15 is 0 Å². The van der Waals surface area contributed by atoms with E-state index in [0.717, 1.165) is 49.7 Å². The van der Waals surface area contributed by atoms with Gasteiger partial charge in [0.1, 0.15) is 11.5 Å². The first-order chi connectivity index (χ1) is 15.6. The number of carbonyl (C=O) groups is 2. The van der Waals surface area contributed by atoms with Crippen molar-refractivity contribution in [2.75, 3.05) is 13.2 Å². The van der Waals surface area contributed by atoms with Crippen LogP contribution in [-0.2, 0) is 22.3 Å². The predicted octanol–water partition coefficient (Wildman–Crippen LogP) is 7.38. The standard InChI is InChI=1S/C26H36O6/c1-5-9-13-17-29-25(27)31-23-19(7-3)20(8-4)24(22-16-12-11-15-21(22)23)32-26(28)30-18-14-10-6-2/h11-12,15-16H,5-10,13-14,17-18H2,1-4H3. The molecule has 0 radical (unpaired) electrons. The lowest BCUT2D eigenvalue weighted by molar-refractivity contribution is 0.0954. The molecule has 0 unspecified atom stereocenters. The Labute approximate surface area is 191 Å². The molecule has 2 aromatic rings. The van der Waals surface area contributed by atoms with Crippen molar-refractivity contribution in [2.45, 2.75) is 79.1 Å². The third-order valence-electron chi connectivity index (χ3n) is 5.34. The van der Waals surface area contributed by atoms with Gasteiger partial charge < -0.3 is 18.9 Å². The molecule has 0 aliphatic heterocycles. The van der Waals surface area contributed by atoms with Gasteiger partial charge in [0.2, 0.25) is 0 Å². The maximum absolute atomic E-state index is 12.4. The van der Waals surface area contributed by atoms with Crippen molar-refractivity contribution in [3.8, 4) is 11.5 Å². The quantitative estimate of drug-likeness (QED) is 0.193. The van der Waals surface area contributed by atoms with Crippen molar-refractivity contribution in [3.63, 3.8) is 0 Å². The topological polar surface area (TPSA) is 71.1 Å². The molecular weight excluding hydrogens is 408 g/mol. The van der Waals surface area contributed by atoms with E-state index in [1.165, 1.54) is 0 Å². The van der Waals surface area contributed by atoms with Crippen LogP contribution in [0, 0.1) is 0 Å². The largest absolute Gasteiger partial charge is 0.513 e. The van der Waals surface area contributed by atoms with E-state index in [2.05, 4.69) is 13.8 Å². The van der Waals surface area contributed by atoms with Gasteiger partial charge in [0.05, 0.1) is 13.2 Å². The molecule has 0 fully saturated rings. The van der Waals surface area contributed by atoms with Crippen LogP contribution in [0.2, 0.25) is 0 Å². The molecule has 0 aromatic heterocycles. The lowest BCUT2D eigenvalue weighted by Gasteiger charge is -2.20. The number of unbranched alkanes of at least 4 members (excludes halogenated alkanes) is 4. The van der Waals surface area contributed by atoms with Gasteiger partial charge in [-0.1, -0.05) is 77.6 Å². The number of benzene rings is 2. The smallest absolute Gasteiger partial charge is 0.434 e. The van der Waals surface area contributed by atoms with E-state index in [-0.39, 0.29) is 0 Å². The first kappa shape index (κ1) is 25.5. The maximum atomic E-state index is 12.4. The van der Waals surface area contributed by atoms with Crippen LogP contribution in [0.3, 0.4) is 0 Å². The molecule has 0 N–H and O–H groups in total. The van der Waals surface area contributed by atoms with Crippen molar-refractivity contribution >= 4 is 23.1 Å². The molecule has 0 bridgehead atoms. The van der Waals surface area contributed by atoms with Gasteiger partial charge in [0.25, 0.3) is 0 Å². The Bertz CT molecular complexity index is 817. The SMILES string of the molecule is CCCCCOC(=O)Oc1c(CC)c(CC)c(OC(=O)OCCCCC)c2ccccc12. The van der Waals surface area contributed by atoms with E-state index < -0.39 is 12.3 Å². The molecule has 32 heavy (non-hydrogen) atoms. The minimum atomic E-state index is -0.716. The first-order valence-electron chi connectivity index (χ1n) is 11.8. The molecule has 0 saturated heterocycles. The summed E-state index contributed by atoms with van der Waals surface area (Å²) in [6.07, 6.45) is 5.48. The van der Waals surface area contributed by atoms with E-state index in [1.807, 2.05) is 38.1 Å². The average Bonchev–Trinajstić information content (AvgIpc) is 2.80. The fourth-order valence-corrected chi connectivity index (χ4v) is 3.70. The molecular formula is C26H36O6. The van der Waals surface area contributed by atoms with E-state index in [9.17, 15) is 9.59 Å². The van der Waals surface area contributed by atoms with Gasteiger partial charge >= 0.3 is 12.3 Å². The Morgan fingerprint density at radius 3 is 1.41 bits per heavy atom. The molecule has 176 valence electrons. The molecule has 0 saturated carbocycles. The Hall–Kier alpha value is -2.76. The number of rotatable bonds is 12. The second-order valence-corrected chi connectivity index (χ2v) is 7.68. The van der Waals surface area contributed by atoms with E-state index in [1.54, 1.807) is 0 Å². The fraction of sp³-hybridized carbons (Fsp3) is 0.538. The average molecular weight is 445 g/mol. The van der Waals surface area contributed by atoms with Crippen molar-refractivity contribution in [1.29, 1.82) is 0 Å². The summed E-state index contributed by atoms with van der Waals surface area (Å²) in [4.78, 5) is 24.7. The van der Waals surface area contributed by atoms with Crippen LogP contribution >= 0.6 is 0 Å². The summed E-state index contributed by atoms with van der Waals surface area (Å²) >= 11 is 0. The van der Waals surface area contributed by atoms with Crippen molar-refractivity contribution in [2.24, 2.45) is 0 Å². The van der Waals surface area contributed by atoms with Gasteiger partial charge in [-0.3, -0.25) is 0 Å². The zero-order valence-electron chi connectivity index (χ0n) is 19.8. The molecule has 6 nitrogen and oxygen atoms in total. The van der Waals surface area contributed by atoms with E-state index in [0.29, 0.717) is 48.3 Å². The summed E-state index contributed by atoms with van der Waals surface area (Å²) in [5, 5.41) is 1.39. The molecule has 0 heterocycles. The minimum Gasteiger partial charge on any atom is -0.434 e. The molecule has 0 atom stereocenters. The number of hydrogen-bond acceptors (Lipinski definition) is 6. The fourth-order valence-electron chi connectivity index (χ4n) is 3.70. The highest BCUT2D eigenvalue weighted by Crippen LogP contribution is 2.42. The molecule has 0 amide bonds. The lowest BCUT2D eigenvalue weighted by Crippen LogP contribution is -2.16. The van der Waals surface area contributed by atoms with Crippen LogP contribution in [0.1, 0.15) is 77.3 Å². The first-order valence-corrected chi connectivity index (χ1v) is 11.8. The Morgan fingerprint density at radius 1 is 0.656 bits per heavy atom. The van der Waals surface area contributed by atoms with Gasteiger partial charge in [-0.15, -0.1) is 0 Å². The molecule has 2 aromatic carbocycles. The van der Waals surface area contributed by atoms with Gasteiger partial charge in [-0.2, -0.15) is 0 Å². The summed E-state index contributed by atoms with van der Waals surface area (Å²) in [6, 6.07) is 7.43. The van der Waals surface area contributed by atoms with Crippen molar-refractivity contribution in [3.05, 3.63) is 35.4 Å². The third-order valence-corrected chi connectivity index (χ3v) is 5.34. The monoisotopic (exact) mass is 444 g/mol. The van der Waals surface area contributed by atoms with Crippen LogP contribution in [-0.4, -0.2) is 25.5 Å². The van der Waals surface area contributed by atoms with Gasteiger partial charge in [-0.25, -0.2) is 9.59 Å². The maximum Gasteiger partial charge on any atom is 0.513 e. The molecule has 0 aliphatic rings. The highest BCUT2D eigenvalue weighted by molar-refractivity contribution is 5.98. The number of carbonyl (C=O) groups excluding carboxylic acids is 2. The molecule has 6 heteroatoms. The number of fused-ring (bicyclic) bond motifs is 1. The second kappa shape index (κ2) is 13.6.